The molecule has 1 amide bonds. The average molecular weight is 632 g/mol. The first-order chi connectivity index (χ1) is 21.6. The molecule has 236 valence electrons. The molecule has 1 N–H and O–H groups in total. The summed E-state index contributed by atoms with van der Waals surface area (Å²) in [6.45, 7) is 10.9. The fourth-order valence-electron chi connectivity index (χ4n) is 6.62. The van der Waals surface area contributed by atoms with Crippen molar-refractivity contribution in [3.8, 4) is 11.1 Å². The van der Waals surface area contributed by atoms with Gasteiger partial charge in [0.1, 0.15) is 11.5 Å². The van der Waals surface area contributed by atoms with Crippen molar-refractivity contribution in [2.75, 3.05) is 56.5 Å². The van der Waals surface area contributed by atoms with Gasteiger partial charge in [-0.2, -0.15) is 4.98 Å². The van der Waals surface area contributed by atoms with Crippen molar-refractivity contribution in [3.05, 3.63) is 74.9 Å². The SMILES string of the molecule is CCC(=O)N1CCC[C@H](n2c(=O)c(-c3ccc(F)cc3Cl)c(C)c3cnc(Nc4ccc(N5CCN(C)CC5)c(C)c4)nc32)C1. The molecule has 2 saturated heterocycles. The van der Waals surface area contributed by atoms with Crippen molar-refractivity contribution in [1.29, 1.82) is 0 Å². The van der Waals surface area contributed by atoms with Crippen LogP contribution in [0, 0.1) is 19.7 Å². The second-order valence-corrected chi connectivity index (χ2v) is 12.5. The Balaban J connectivity index is 1.43. The summed E-state index contributed by atoms with van der Waals surface area (Å²) >= 11 is 6.49. The lowest BCUT2D eigenvalue weighted by molar-refractivity contribution is -0.132. The van der Waals surface area contributed by atoms with Gasteiger partial charge < -0.3 is 20.0 Å². The molecule has 0 saturated carbocycles. The molecule has 1 atom stereocenters. The van der Waals surface area contributed by atoms with Gasteiger partial charge in [-0.25, -0.2) is 9.37 Å². The number of rotatable bonds is 6. The van der Waals surface area contributed by atoms with Gasteiger partial charge in [0.15, 0.2) is 0 Å². The van der Waals surface area contributed by atoms with E-state index in [1.54, 1.807) is 10.8 Å². The van der Waals surface area contributed by atoms with Crippen molar-refractivity contribution in [2.24, 2.45) is 0 Å². The number of hydrogen-bond donors (Lipinski definition) is 1. The quantitative estimate of drug-likeness (QED) is 0.282. The summed E-state index contributed by atoms with van der Waals surface area (Å²) in [4.78, 5) is 43.2. The van der Waals surface area contributed by atoms with Gasteiger partial charge in [-0.1, -0.05) is 18.5 Å². The Hall–Kier alpha value is -4.02. The topological polar surface area (TPSA) is 86.6 Å². The Kier molecular flexibility index (Phi) is 8.79. The van der Waals surface area contributed by atoms with Crippen LogP contribution in [0.4, 0.5) is 21.7 Å². The summed E-state index contributed by atoms with van der Waals surface area (Å²) in [7, 11) is 2.15. The number of fused-ring (bicyclic) bond motifs is 1. The zero-order chi connectivity index (χ0) is 31.8. The molecule has 4 heterocycles. The van der Waals surface area contributed by atoms with Gasteiger partial charge in [-0.05, 0) is 81.3 Å². The van der Waals surface area contributed by atoms with Gasteiger partial charge in [0.05, 0.1) is 16.6 Å². The van der Waals surface area contributed by atoms with E-state index >= 15 is 0 Å². The molecule has 11 heteroatoms. The maximum absolute atomic E-state index is 14.4. The minimum atomic E-state index is -0.477. The summed E-state index contributed by atoms with van der Waals surface area (Å²) in [5, 5.41) is 4.19. The Morgan fingerprint density at radius 1 is 1.09 bits per heavy atom. The van der Waals surface area contributed by atoms with Crippen molar-refractivity contribution < 1.29 is 9.18 Å². The van der Waals surface area contributed by atoms with Crippen LogP contribution in [-0.2, 0) is 4.79 Å². The number of carbonyl (C=O) groups excluding carboxylic acids is 1. The number of aromatic nitrogens is 3. The van der Waals surface area contributed by atoms with Crippen molar-refractivity contribution in [2.45, 2.75) is 46.1 Å². The molecule has 2 aliphatic rings. The van der Waals surface area contributed by atoms with Gasteiger partial charge in [0.2, 0.25) is 11.9 Å². The number of benzene rings is 2. The average Bonchev–Trinajstić information content (AvgIpc) is 3.02. The largest absolute Gasteiger partial charge is 0.369 e. The monoisotopic (exact) mass is 631 g/mol. The van der Waals surface area contributed by atoms with E-state index in [0.717, 1.165) is 43.9 Å². The number of hydrogen-bond acceptors (Lipinski definition) is 7. The number of anilines is 3. The number of amides is 1. The van der Waals surface area contributed by atoms with E-state index in [-0.39, 0.29) is 22.5 Å². The second kappa shape index (κ2) is 12.8. The second-order valence-electron chi connectivity index (χ2n) is 12.1. The highest BCUT2D eigenvalue weighted by Gasteiger charge is 2.29. The summed E-state index contributed by atoms with van der Waals surface area (Å²) < 4.78 is 15.7. The molecule has 0 radical (unpaired) electrons. The zero-order valence-electron chi connectivity index (χ0n) is 26.2. The highest BCUT2D eigenvalue weighted by atomic mass is 35.5. The Labute approximate surface area is 267 Å². The third-order valence-corrected chi connectivity index (χ3v) is 9.44. The standard InChI is InChI=1S/C34H39ClFN7O2/c1-5-30(44)42-12-6-7-25(20-42)43-32-27(22(3)31(33(43)45)26-10-8-23(36)18-28(26)35)19-37-34(39-32)38-24-9-11-29(21(2)17-24)41-15-13-40(4)14-16-41/h8-11,17-19,25H,5-7,12-16,20H2,1-4H3,(H,37,38,39)/t25-/m0/s1. The first kappa shape index (κ1) is 31.0. The molecule has 0 spiro atoms. The number of piperidine rings is 1. The number of carbonyl (C=O) groups is 1. The Morgan fingerprint density at radius 3 is 2.58 bits per heavy atom. The third-order valence-electron chi connectivity index (χ3n) is 9.12. The predicted octanol–water partition coefficient (Wildman–Crippen LogP) is 5.94. The maximum atomic E-state index is 14.4. The molecule has 45 heavy (non-hydrogen) atoms. The van der Waals surface area contributed by atoms with Gasteiger partial charge in [-0.15, -0.1) is 0 Å². The number of pyridine rings is 1. The Bertz CT molecular complexity index is 1820. The van der Waals surface area contributed by atoms with E-state index in [9.17, 15) is 14.0 Å². The fraction of sp³-hybridized carbons (Fsp3) is 0.412. The molecule has 4 aromatic rings. The molecule has 0 aliphatic carbocycles. The third kappa shape index (κ3) is 6.13. The van der Waals surface area contributed by atoms with Crippen LogP contribution >= 0.6 is 11.6 Å². The smallest absolute Gasteiger partial charge is 0.260 e. The van der Waals surface area contributed by atoms with Crippen LogP contribution in [-0.4, -0.2) is 76.6 Å². The summed E-state index contributed by atoms with van der Waals surface area (Å²) in [6.07, 6.45) is 3.60. The lowest BCUT2D eigenvalue weighted by Crippen LogP contribution is -2.44. The van der Waals surface area contributed by atoms with Crippen LogP contribution in [0.2, 0.25) is 5.02 Å². The molecule has 2 fully saturated rings. The predicted molar refractivity (Wildman–Crippen MR) is 178 cm³/mol. The number of aryl methyl sites for hydroxylation is 2. The molecule has 6 rings (SSSR count). The van der Waals surface area contributed by atoms with Gasteiger partial charge in [-0.3, -0.25) is 14.2 Å². The zero-order valence-corrected chi connectivity index (χ0v) is 27.0. The van der Waals surface area contributed by atoms with E-state index in [1.165, 1.54) is 23.9 Å². The van der Waals surface area contributed by atoms with Crippen molar-refractivity contribution >= 4 is 45.9 Å². The highest BCUT2D eigenvalue weighted by molar-refractivity contribution is 6.33. The number of halogens is 2. The molecular formula is C34H39ClFN7O2. The van der Waals surface area contributed by atoms with Crippen LogP contribution in [0.25, 0.3) is 22.2 Å². The Morgan fingerprint density at radius 2 is 1.87 bits per heavy atom. The molecule has 2 aromatic carbocycles. The summed E-state index contributed by atoms with van der Waals surface area (Å²) in [5.74, 6) is -0.0561. The molecule has 0 bridgehead atoms. The minimum absolute atomic E-state index is 0.0540. The van der Waals surface area contributed by atoms with Gasteiger partial charge >= 0.3 is 0 Å². The first-order valence-corrected chi connectivity index (χ1v) is 16.0. The molecule has 0 unspecified atom stereocenters. The molecular weight excluding hydrogens is 593 g/mol. The number of nitrogens with one attached hydrogen (secondary N) is 1. The van der Waals surface area contributed by atoms with E-state index in [4.69, 9.17) is 16.6 Å². The number of likely N-dealkylation sites (tertiary alicyclic amines) is 1. The minimum Gasteiger partial charge on any atom is -0.369 e. The highest BCUT2D eigenvalue weighted by Crippen LogP contribution is 2.34. The van der Waals surface area contributed by atoms with E-state index in [2.05, 4.69) is 46.2 Å². The van der Waals surface area contributed by atoms with Crippen molar-refractivity contribution in [1.82, 2.24) is 24.3 Å². The maximum Gasteiger partial charge on any atom is 0.260 e. The van der Waals surface area contributed by atoms with Crippen LogP contribution in [0.5, 0.6) is 0 Å². The van der Waals surface area contributed by atoms with E-state index in [0.29, 0.717) is 59.6 Å². The van der Waals surface area contributed by atoms with Crippen LogP contribution in [0.3, 0.4) is 0 Å². The summed E-state index contributed by atoms with van der Waals surface area (Å²) in [5.41, 5.74) is 4.92. The van der Waals surface area contributed by atoms with E-state index < -0.39 is 5.82 Å². The number of piperazine rings is 1. The van der Waals surface area contributed by atoms with Crippen molar-refractivity contribution in [3.63, 3.8) is 0 Å². The van der Waals surface area contributed by atoms with Gasteiger partial charge in [0.25, 0.3) is 5.56 Å². The molecule has 9 nitrogen and oxygen atoms in total. The molecule has 2 aromatic heterocycles. The first-order valence-electron chi connectivity index (χ1n) is 15.6. The van der Waals surface area contributed by atoms with E-state index in [1.807, 2.05) is 24.8 Å². The number of nitrogens with zero attached hydrogens (tertiary/aromatic N) is 6. The normalized spacial score (nSPS) is 17.6. The fourth-order valence-corrected chi connectivity index (χ4v) is 6.88. The summed E-state index contributed by atoms with van der Waals surface area (Å²) in [6, 6.07) is 10.0. The molecule has 2 aliphatic heterocycles. The lowest BCUT2D eigenvalue weighted by Gasteiger charge is -2.35. The number of likely N-dealkylation sites (N-methyl/N-ethyl adjacent to an activating group) is 1. The van der Waals surface area contributed by atoms with Crippen LogP contribution in [0.1, 0.15) is 43.4 Å². The van der Waals surface area contributed by atoms with Crippen LogP contribution in [0.15, 0.2) is 47.4 Å². The lowest BCUT2D eigenvalue weighted by atomic mass is 9.98. The van der Waals surface area contributed by atoms with Crippen LogP contribution < -0.4 is 15.8 Å². The van der Waals surface area contributed by atoms with Gasteiger partial charge in [0, 0.05) is 74.2 Å².